The van der Waals surface area contributed by atoms with E-state index < -0.39 is 7.81 Å². The molecule has 1 rings (SSSR count). The van der Waals surface area contributed by atoms with E-state index in [0.29, 0.717) is 0 Å². The van der Waals surface area contributed by atoms with E-state index in [-0.39, 0.29) is 0 Å². The van der Waals surface area contributed by atoms with E-state index in [9.17, 15) is 25.2 Å². The molecule has 0 saturated carbocycles. The van der Waals surface area contributed by atoms with Gasteiger partial charge < -0.3 is 0 Å². The molecule has 0 aliphatic carbocycles. The summed E-state index contributed by atoms with van der Waals surface area (Å²) >= 11 is 0. The van der Waals surface area contributed by atoms with Crippen LogP contribution in [0, 0.1) is 0 Å². The molecule has 0 atom stereocenters. The first-order chi connectivity index (χ1) is 8.56. The minimum absolute atomic E-state index is 0.788. The average Bonchev–Trinajstić information content (AvgIpc) is 2.59. The molecule has 0 unspecified atom stereocenters. The summed E-state index contributed by atoms with van der Waals surface area (Å²) in [5, 5.41) is 0. The first-order valence-electron chi connectivity index (χ1n) is 5.15. The average molecular weight is 327 g/mol. The van der Waals surface area contributed by atoms with Crippen molar-refractivity contribution < 1.29 is 34.6 Å². The number of halogens is 6. The van der Waals surface area contributed by atoms with Crippen molar-refractivity contribution in [2.45, 2.75) is 0 Å². The molecule has 4 nitrogen and oxygen atoms in total. The molecular weight excluding hydrogens is 311 g/mol. The summed E-state index contributed by atoms with van der Waals surface area (Å²) in [7, 11) is -2.88. The van der Waals surface area contributed by atoms with Gasteiger partial charge in [-0.3, -0.25) is 4.84 Å². The second kappa shape index (κ2) is 5.16. The normalized spacial score (nSPS) is 14.3. The molecule has 0 aliphatic heterocycles. The molecule has 1 heterocycles. The van der Waals surface area contributed by atoms with Gasteiger partial charge in [0, 0.05) is 12.4 Å². The molecule has 0 N–H and O–H groups in total. The molecule has 0 amide bonds. The molecule has 0 saturated heterocycles. The molecule has 1 aromatic heterocycles. The molecule has 0 fully saturated rings. The summed E-state index contributed by atoms with van der Waals surface area (Å²) in [6.07, 6.45) is 3.71. The van der Waals surface area contributed by atoms with E-state index in [1.807, 2.05) is 62.2 Å². The van der Waals surface area contributed by atoms with E-state index in [1.165, 1.54) is 0 Å². The van der Waals surface area contributed by atoms with Crippen molar-refractivity contribution in [1.82, 2.24) is 9.63 Å². The maximum atomic E-state index is 9.87. The third-order valence-electron chi connectivity index (χ3n) is 1.53. The fourth-order valence-electron chi connectivity index (χ4n) is 1.04. The molecule has 1 aromatic rings. The van der Waals surface area contributed by atoms with Crippen molar-refractivity contribution in [2.75, 3.05) is 28.2 Å². The van der Waals surface area contributed by atoms with Gasteiger partial charge in [0.15, 0.2) is 0 Å². The van der Waals surface area contributed by atoms with Gasteiger partial charge in [0.1, 0.15) is 0 Å². The van der Waals surface area contributed by atoms with E-state index in [0.717, 1.165) is 6.02 Å². The fraction of sp³-hybridized carbons (Fsp3) is 0.444. The predicted molar refractivity (Wildman–Crippen MR) is 65.4 cm³/mol. The summed E-state index contributed by atoms with van der Waals surface area (Å²) in [6.45, 7) is 0. The number of amidine groups is 1. The van der Waals surface area contributed by atoms with Crippen molar-refractivity contribution >= 4 is 13.8 Å². The number of hydrogen-bond donors (Lipinski definition) is 0. The molecule has 0 radical (unpaired) electrons. The van der Waals surface area contributed by atoms with Gasteiger partial charge in [-0.1, -0.05) is 0 Å². The van der Waals surface area contributed by atoms with Crippen molar-refractivity contribution in [3.63, 3.8) is 0 Å². The van der Waals surface area contributed by atoms with Crippen LogP contribution < -0.4 is 4.84 Å². The standard InChI is InChI=1S/C9H16N3O.F6P/c1-10(2)9(11(3)4)13-12-7-5-6-8-12;1-7(2,3,4,5)6/h5-8H,1-4H3;/q+1;-1. The Hall–Kier alpha value is -1.44. The molecule has 0 bridgehead atoms. The van der Waals surface area contributed by atoms with E-state index in [1.54, 1.807) is 4.73 Å². The quantitative estimate of drug-likeness (QED) is 0.259. The maximum absolute atomic E-state index is 10.7. The summed E-state index contributed by atoms with van der Waals surface area (Å²) in [5.74, 6) is 0. The van der Waals surface area contributed by atoms with Crippen LogP contribution in [0.5, 0.6) is 0 Å². The van der Waals surface area contributed by atoms with Crippen LogP contribution >= 0.6 is 7.81 Å². The van der Waals surface area contributed by atoms with Gasteiger partial charge in [-0.25, -0.2) is 9.48 Å². The van der Waals surface area contributed by atoms with Crippen LogP contribution in [0.3, 0.4) is 0 Å². The van der Waals surface area contributed by atoms with E-state index in [4.69, 9.17) is 4.84 Å². The number of hydrogen-bond acceptors (Lipinski definition) is 1. The second-order valence-electron chi connectivity index (χ2n) is 4.16. The summed E-state index contributed by atoms with van der Waals surface area (Å²) in [6, 6.07) is 4.63. The van der Waals surface area contributed by atoms with Gasteiger partial charge in [0.05, 0.1) is 28.2 Å². The number of rotatable bonds is 1. The van der Waals surface area contributed by atoms with Crippen molar-refractivity contribution in [3.05, 3.63) is 24.5 Å². The first-order valence-corrected chi connectivity index (χ1v) is 7.18. The Morgan fingerprint density at radius 2 is 1.35 bits per heavy atom. The van der Waals surface area contributed by atoms with Gasteiger partial charge in [0.25, 0.3) is 0 Å². The first kappa shape index (κ1) is 18.6. The topological polar surface area (TPSA) is 20.4 Å². The van der Waals surface area contributed by atoms with Gasteiger partial charge in [-0.05, 0) is 12.1 Å². The van der Waals surface area contributed by atoms with E-state index >= 15 is 0 Å². The van der Waals surface area contributed by atoms with Crippen LogP contribution in [0.2, 0.25) is 0 Å². The van der Waals surface area contributed by atoms with Crippen LogP contribution in [0.25, 0.3) is 0 Å². The second-order valence-corrected chi connectivity index (χ2v) is 6.08. The molecule has 11 heteroatoms. The number of aromatic nitrogens is 1. The van der Waals surface area contributed by atoms with Crippen molar-refractivity contribution in [3.8, 4) is 0 Å². The Bertz CT molecular complexity index is 449. The van der Waals surface area contributed by atoms with Crippen molar-refractivity contribution in [2.24, 2.45) is 0 Å². The van der Waals surface area contributed by atoms with Crippen molar-refractivity contribution in [1.29, 1.82) is 0 Å². The Morgan fingerprint density at radius 3 is 1.60 bits per heavy atom. The van der Waals surface area contributed by atoms with Crippen LogP contribution in [-0.2, 0) is 0 Å². The van der Waals surface area contributed by atoms with Crippen LogP contribution in [0.15, 0.2) is 24.5 Å². The Balaban J connectivity index is 0.000000441. The summed E-state index contributed by atoms with van der Waals surface area (Å²) in [4.78, 5) is 7.48. The molecule has 0 aliphatic rings. The van der Waals surface area contributed by atoms with Gasteiger partial charge in [-0.15, -0.1) is 0 Å². The Labute approximate surface area is 112 Å². The molecule has 0 spiro atoms. The van der Waals surface area contributed by atoms with Gasteiger partial charge in [0.2, 0.25) is 0 Å². The molecular formula is C9H16F6N3OP. The molecule has 0 aromatic carbocycles. The zero-order valence-electron chi connectivity index (χ0n) is 11.3. The fourth-order valence-corrected chi connectivity index (χ4v) is 1.04. The summed E-state index contributed by atoms with van der Waals surface area (Å²) < 4.78 is 62.8. The van der Waals surface area contributed by atoms with E-state index in [2.05, 4.69) is 0 Å². The minimum atomic E-state index is -10.7. The zero-order valence-corrected chi connectivity index (χ0v) is 12.2. The Kier molecular flexibility index (Phi) is 4.79. The third-order valence-corrected chi connectivity index (χ3v) is 1.53. The monoisotopic (exact) mass is 327 g/mol. The zero-order chi connectivity index (χ0) is 16.3. The van der Waals surface area contributed by atoms with Gasteiger partial charge in [-0.2, -0.15) is 4.73 Å². The molecule has 20 heavy (non-hydrogen) atoms. The van der Waals surface area contributed by atoms with Gasteiger partial charge >= 0.3 is 39.0 Å². The van der Waals surface area contributed by atoms with Crippen LogP contribution in [0.4, 0.5) is 25.2 Å². The van der Waals surface area contributed by atoms with Crippen LogP contribution in [0.1, 0.15) is 0 Å². The number of nitrogens with zero attached hydrogens (tertiary/aromatic N) is 3. The predicted octanol–water partition coefficient (Wildman–Crippen LogP) is 3.49. The third kappa shape index (κ3) is 13.0. The Morgan fingerprint density at radius 1 is 1.00 bits per heavy atom. The SMILES string of the molecule is CN(C)C(On1cccc1)=[N+](C)C.F[P-](F)(F)(F)(F)F. The molecule has 120 valence electrons. The summed E-state index contributed by atoms with van der Waals surface area (Å²) in [5.41, 5.74) is 0. The van der Waals surface area contributed by atoms with Crippen LogP contribution in [-0.4, -0.2) is 48.4 Å².